The lowest BCUT2D eigenvalue weighted by Crippen LogP contribution is -2.44. The van der Waals surface area contributed by atoms with Gasteiger partial charge in [0.25, 0.3) is 5.91 Å². The van der Waals surface area contributed by atoms with Crippen LogP contribution in [-0.2, 0) is 20.5 Å². The molecule has 0 aliphatic carbocycles. The minimum atomic E-state index is -4.77. The number of aliphatic carboxylic acids is 1. The van der Waals surface area contributed by atoms with E-state index >= 15 is 0 Å². The van der Waals surface area contributed by atoms with Crippen LogP contribution in [-0.4, -0.2) is 47.4 Å². The molecule has 0 bridgehead atoms. The van der Waals surface area contributed by atoms with Gasteiger partial charge in [-0.3, -0.25) is 9.69 Å². The number of unbranched alkanes of at least 4 members (excludes halogenated alkanes) is 1. The summed E-state index contributed by atoms with van der Waals surface area (Å²) in [6.07, 6.45) is -3.20. The third-order valence-corrected chi connectivity index (χ3v) is 7.33. The highest BCUT2D eigenvalue weighted by Gasteiger charge is 2.50. The van der Waals surface area contributed by atoms with Gasteiger partial charge in [-0.1, -0.05) is 24.3 Å². The summed E-state index contributed by atoms with van der Waals surface area (Å²) in [4.78, 5) is 26.6. The third kappa shape index (κ3) is 6.96. The van der Waals surface area contributed by atoms with E-state index in [1.807, 2.05) is 36.4 Å². The maximum Gasteiger partial charge on any atom is 0.417 e. The van der Waals surface area contributed by atoms with Gasteiger partial charge in [-0.05, 0) is 92.5 Å². The van der Waals surface area contributed by atoms with Crippen LogP contribution in [0, 0.1) is 11.3 Å². The van der Waals surface area contributed by atoms with Crippen LogP contribution in [0.25, 0.3) is 11.1 Å². The Morgan fingerprint density at radius 3 is 2.21 bits per heavy atom. The molecular weight excluding hydrogens is 581 g/mol. The number of alkyl halides is 3. The summed E-state index contributed by atoms with van der Waals surface area (Å²) in [7, 11) is 0. The number of carboxylic acids is 1. The van der Waals surface area contributed by atoms with E-state index < -0.39 is 34.7 Å². The number of ether oxygens (including phenoxy) is 1. The number of halogens is 3. The molecule has 8 nitrogen and oxygen atoms in total. The van der Waals surface area contributed by atoms with Crippen LogP contribution >= 0.6 is 12.2 Å². The number of nitrogens with zero attached hydrogens (tertiary/aromatic N) is 3. The van der Waals surface area contributed by atoms with Gasteiger partial charge in [0.05, 0.1) is 22.9 Å². The molecule has 224 valence electrons. The maximum absolute atomic E-state index is 13.6. The van der Waals surface area contributed by atoms with E-state index in [1.165, 1.54) is 6.07 Å². The number of carbonyl (C=O) groups excluding carboxylic acids is 1. The van der Waals surface area contributed by atoms with Crippen LogP contribution in [0.5, 0.6) is 0 Å². The molecule has 2 N–H and O–H groups in total. The van der Waals surface area contributed by atoms with Crippen LogP contribution in [0.3, 0.4) is 0 Å². The van der Waals surface area contributed by atoms with E-state index in [2.05, 4.69) is 5.32 Å². The van der Waals surface area contributed by atoms with Gasteiger partial charge in [0.1, 0.15) is 12.1 Å². The van der Waals surface area contributed by atoms with Crippen molar-refractivity contribution in [3.8, 4) is 17.2 Å². The lowest BCUT2D eigenvalue weighted by molar-refractivity contribution is -0.142. The Morgan fingerprint density at radius 1 is 1.02 bits per heavy atom. The number of hydrogen-bond acceptors (Lipinski definition) is 6. The molecule has 1 aliphatic rings. The summed E-state index contributed by atoms with van der Waals surface area (Å²) < 4.78 is 45.8. The fourth-order valence-corrected chi connectivity index (χ4v) is 5.29. The van der Waals surface area contributed by atoms with Gasteiger partial charge in [-0.25, -0.2) is 4.79 Å². The first-order chi connectivity index (χ1) is 20.3. The number of nitrogens with one attached hydrogen (secondary N) is 1. The Kier molecular flexibility index (Phi) is 9.37. The number of carboxylic acid groups (broad SMARTS) is 1. The van der Waals surface area contributed by atoms with Crippen molar-refractivity contribution in [2.24, 2.45) is 0 Å². The average Bonchev–Trinajstić information content (AvgIpc) is 3.14. The minimum Gasteiger partial charge on any atom is -0.480 e. The number of nitriles is 1. The average molecular weight is 611 g/mol. The fraction of sp³-hybridized carbons (Fsp3) is 0.290. The fourth-order valence-electron chi connectivity index (χ4n) is 4.76. The zero-order chi connectivity index (χ0) is 31.4. The molecule has 43 heavy (non-hydrogen) atoms. The number of rotatable bonds is 11. The lowest BCUT2D eigenvalue weighted by Gasteiger charge is -2.29. The van der Waals surface area contributed by atoms with Crippen molar-refractivity contribution in [2.75, 3.05) is 34.9 Å². The third-order valence-electron chi connectivity index (χ3n) is 6.97. The van der Waals surface area contributed by atoms with E-state index in [4.69, 9.17) is 27.3 Å². The minimum absolute atomic E-state index is 0.0319. The highest BCUT2D eigenvalue weighted by Crippen LogP contribution is 2.40. The molecule has 0 saturated carbocycles. The lowest BCUT2D eigenvalue weighted by atomic mass is 10.0. The topological polar surface area (TPSA) is 106 Å². The first-order valence-corrected chi connectivity index (χ1v) is 13.8. The van der Waals surface area contributed by atoms with Crippen molar-refractivity contribution in [3.05, 3.63) is 77.9 Å². The van der Waals surface area contributed by atoms with Gasteiger partial charge in [0, 0.05) is 24.5 Å². The summed E-state index contributed by atoms with van der Waals surface area (Å²) in [5, 5.41) is 21.0. The molecule has 4 rings (SSSR count). The zero-order valence-electron chi connectivity index (χ0n) is 23.4. The summed E-state index contributed by atoms with van der Waals surface area (Å²) in [6.45, 7) is 4.12. The zero-order valence-corrected chi connectivity index (χ0v) is 24.3. The maximum atomic E-state index is 13.6. The quantitative estimate of drug-likeness (QED) is 0.188. The molecule has 3 aromatic carbocycles. The van der Waals surface area contributed by atoms with Crippen LogP contribution in [0.15, 0.2) is 66.7 Å². The first-order valence-electron chi connectivity index (χ1n) is 13.4. The van der Waals surface area contributed by atoms with Gasteiger partial charge >= 0.3 is 12.1 Å². The molecule has 0 unspecified atom stereocenters. The normalized spacial score (nSPS) is 14.6. The Balaban J connectivity index is 1.45. The van der Waals surface area contributed by atoms with Crippen molar-refractivity contribution in [3.63, 3.8) is 0 Å². The second-order valence-corrected chi connectivity index (χ2v) is 10.7. The molecule has 0 atom stereocenters. The smallest absolute Gasteiger partial charge is 0.417 e. The number of hydrogen-bond donors (Lipinski definition) is 2. The van der Waals surface area contributed by atoms with Crippen LogP contribution in [0.2, 0.25) is 0 Å². The summed E-state index contributed by atoms with van der Waals surface area (Å²) >= 11 is 5.61. The largest absolute Gasteiger partial charge is 0.480 e. The Hall–Kier alpha value is -4.47. The summed E-state index contributed by atoms with van der Waals surface area (Å²) in [5.41, 5.74) is 0.499. The summed E-state index contributed by atoms with van der Waals surface area (Å²) in [6, 6.07) is 19.9. The highest BCUT2D eigenvalue weighted by atomic mass is 32.1. The van der Waals surface area contributed by atoms with Crippen molar-refractivity contribution in [2.45, 2.75) is 38.4 Å². The van der Waals surface area contributed by atoms with Gasteiger partial charge in [-0.15, -0.1) is 0 Å². The van der Waals surface area contributed by atoms with Crippen molar-refractivity contribution >= 4 is 46.3 Å². The molecule has 1 amide bonds. The molecule has 0 spiro atoms. The molecular formula is C31H29F3N4O4S. The monoisotopic (exact) mass is 610 g/mol. The van der Waals surface area contributed by atoms with E-state index in [0.717, 1.165) is 46.7 Å². The van der Waals surface area contributed by atoms with Crippen LogP contribution in [0.1, 0.15) is 37.8 Å². The van der Waals surface area contributed by atoms with Crippen molar-refractivity contribution in [1.29, 1.82) is 5.26 Å². The molecule has 1 heterocycles. The molecule has 1 fully saturated rings. The SMILES string of the molecule is CC1(C)C(=O)N(c2ccc(C#N)c(C(F)(F)F)c2)C(=S)N1c1ccc(-c2ccc(NCCCCOCC(=O)O)cc2)cc1. The molecule has 0 aromatic heterocycles. The predicted octanol–water partition coefficient (Wildman–Crippen LogP) is 6.45. The second-order valence-electron chi connectivity index (χ2n) is 10.4. The molecule has 1 saturated heterocycles. The Bertz CT molecular complexity index is 1550. The molecule has 1 aliphatic heterocycles. The first kappa shape index (κ1) is 31.5. The van der Waals surface area contributed by atoms with Gasteiger partial charge in [0.15, 0.2) is 5.11 Å². The Labute approximate surface area is 252 Å². The van der Waals surface area contributed by atoms with E-state index in [1.54, 1.807) is 36.9 Å². The van der Waals surface area contributed by atoms with Gasteiger partial charge < -0.3 is 20.1 Å². The van der Waals surface area contributed by atoms with Crippen LogP contribution < -0.4 is 15.1 Å². The molecule has 3 aromatic rings. The Morgan fingerprint density at radius 2 is 1.63 bits per heavy atom. The van der Waals surface area contributed by atoms with Crippen molar-refractivity contribution < 1.29 is 32.6 Å². The van der Waals surface area contributed by atoms with E-state index in [-0.39, 0.29) is 17.4 Å². The number of benzene rings is 3. The number of amides is 1. The van der Waals surface area contributed by atoms with Gasteiger partial charge in [0.2, 0.25) is 0 Å². The molecule has 12 heteroatoms. The van der Waals surface area contributed by atoms with Gasteiger partial charge in [-0.2, -0.15) is 18.4 Å². The molecule has 0 radical (unpaired) electrons. The predicted molar refractivity (Wildman–Crippen MR) is 161 cm³/mol. The second kappa shape index (κ2) is 12.8. The number of anilines is 3. The summed E-state index contributed by atoms with van der Waals surface area (Å²) in [5.74, 6) is -1.47. The standard InChI is InChI=1S/C31H29F3N4O4S/c1-30(2)28(41)37(25-14-9-22(18-35)26(17-25)31(32,33)34)29(43)38(30)24-12-7-21(8-13-24)20-5-10-23(11-6-20)36-15-3-4-16-42-19-27(39)40/h5-14,17,36H,3-4,15-16,19H2,1-2H3,(H,39,40). The number of carbonyl (C=O) groups is 2. The van der Waals surface area contributed by atoms with Crippen LogP contribution in [0.4, 0.5) is 30.2 Å². The van der Waals surface area contributed by atoms with E-state index in [9.17, 15) is 22.8 Å². The van der Waals surface area contributed by atoms with E-state index in [0.29, 0.717) is 18.8 Å². The highest BCUT2D eigenvalue weighted by molar-refractivity contribution is 7.81. The number of thiocarbonyl (C=S) groups is 1. The van der Waals surface area contributed by atoms with Crippen molar-refractivity contribution in [1.82, 2.24) is 0 Å².